The van der Waals surface area contributed by atoms with Gasteiger partial charge in [0.25, 0.3) is 0 Å². The second-order valence-electron chi connectivity index (χ2n) is 10.1. The maximum absolute atomic E-state index is 13.5. The predicted octanol–water partition coefficient (Wildman–Crippen LogP) is 2.26. The summed E-state index contributed by atoms with van der Waals surface area (Å²) < 4.78 is 59.2. The van der Waals surface area contributed by atoms with Crippen LogP contribution in [0.5, 0.6) is 0 Å². The van der Waals surface area contributed by atoms with Gasteiger partial charge in [0.1, 0.15) is 48.8 Å². The zero-order valence-corrected chi connectivity index (χ0v) is 25.7. The zero-order valence-electron chi connectivity index (χ0n) is 25.7. The number of benzene rings is 1. The van der Waals surface area contributed by atoms with Crippen molar-refractivity contribution in [2.45, 2.75) is 54.9 Å². The fourth-order valence-electron chi connectivity index (χ4n) is 5.42. The Kier molecular flexibility index (Phi) is 14.6. The minimum absolute atomic E-state index is 0.139. The highest BCUT2D eigenvalue weighted by atomic mass is 16.6. The summed E-state index contributed by atoms with van der Waals surface area (Å²) in [5.41, 5.74) is 0.917. The third-order valence-corrected chi connectivity index (χ3v) is 7.67. The Bertz CT molecular complexity index is 935. The topological polar surface area (TPSA) is 113 Å². The molecule has 1 aromatic rings. The predicted molar refractivity (Wildman–Crippen MR) is 153 cm³/mol. The van der Waals surface area contributed by atoms with Crippen LogP contribution in [0.3, 0.4) is 0 Å². The van der Waals surface area contributed by atoms with E-state index >= 15 is 0 Å². The number of hydrogen-bond acceptors (Lipinski definition) is 11. The fourth-order valence-corrected chi connectivity index (χ4v) is 5.42. The number of amides is 1. The van der Waals surface area contributed by atoms with Gasteiger partial charge in [0, 0.05) is 49.7 Å². The van der Waals surface area contributed by atoms with Gasteiger partial charge in [0.15, 0.2) is 6.10 Å². The van der Waals surface area contributed by atoms with Gasteiger partial charge >= 0.3 is 6.09 Å². The van der Waals surface area contributed by atoms with E-state index in [4.69, 9.17) is 47.4 Å². The van der Waals surface area contributed by atoms with Crippen LogP contribution < -0.4 is 0 Å². The third kappa shape index (κ3) is 8.71. The number of carbonyl (C=O) groups excluding carboxylic acids is 1. The van der Waals surface area contributed by atoms with Crippen LogP contribution in [0.25, 0.3) is 0 Å². The van der Waals surface area contributed by atoms with Crippen LogP contribution in [0.2, 0.25) is 0 Å². The highest BCUT2D eigenvalue weighted by molar-refractivity contribution is 5.67. The van der Waals surface area contributed by atoms with Gasteiger partial charge in [-0.05, 0) is 5.56 Å². The molecule has 2 aliphatic rings. The first-order valence-electron chi connectivity index (χ1n) is 14.0. The summed E-state index contributed by atoms with van der Waals surface area (Å²) in [6.07, 6.45) is -2.18. The van der Waals surface area contributed by atoms with Crippen molar-refractivity contribution >= 4 is 6.09 Å². The van der Waals surface area contributed by atoms with E-state index in [0.717, 1.165) is 5.56 Å². The molecule has 1 aromatic carbocycles. The average molecular weight is 598 g/mol. The molecule has 1 saturated heterocycles. The summed E-state index contributed by atoms with van der Waals surface area (Å²) in [6.45, 7) is 1.21. The lowest BCUT2D eigenvalue weighted by Gasteiger charge is -2.45. The SMILES string of the molecule is CO[C@@H]1[C@@H](OC)[C@H](c2ccccc2)O[C@@H]2COC/C=C/COC[C@@H](OC)[C@@H](OC)[C@H](OC)[C@@H](OC)CN(C)C(=O)O[C@@H]12. The monoisotopic (exact) mass is 597 g/mol. The van der Waals surface area contributed by atoms with Crippen molar-refractivity contribution in [3.63, 3.8) is 0 Å². The van der Waals surface area contributed by atoms with E-state index in [0.29, 0.717) is 13.2 Å². The number of rotatable bonds is 7. The molecule has 3 rings (SSSR count). The number of ether oxygens (including phenoxy) is 10. The quantitative estimate of drug-likeness (QED) is 0.432. The molecular weight excluding hydrogens is 550 g/mol. The number of nitrogens with zero attached hydrogens (tertiary/aromatic N) is 1. The smallest absolute Gasteiger partial charge is 0.410 e. The summed E-state index contributed by atoms with van der Waals surface area (Å²) in [6, 6.07) is 9.73. The number of likely N-dealkylation sites (N-methyl/N-ethyl adjacent to an activating group) is 1. The highest BCUT2D eigenvalue weighted by Gasteiger charge is 2.50. The van der Waals surface area contributed by atoms with Crippen molar-refractivity contribution in [3.8, 4) is 0 Å². The fraction of sp³-hybridized carbons (Fsp3) is 0.700. The summed E-state index contributed by atoms with van der Waals surface area (Å²) in [4.78, 5) is 14.9. The largest absolute Gasteiger partial charge is 0.440 e. The molecule has 0 unspecified atom stereocenters. The highest BCUT2D eigenvalue weighted by Crippen LogP contribution is 2.37. The van der Waals surface area contributed by atoms with Crippen molar-refractivity contribution in [2.75, 3.05) is 82.7 Å². The minimum atomic E-state index is -0.829. The normalized spacial score (nSPS) is 35.0. The Morgan fingerprint density at radius 2 is 1.29 bits per heavy atom. The van der Waals surface area contributed by atoms with Crippen LogP contribution in [0.15, 0.2) is 42.5 Å². The summed E-state index contributed by atoms with van der Waals surface area (Å²) >= 11 is 0. The van der Waals surface area contributed by atoms with Gasteiger partial charge in [0.2, 0.25) is 0 Å². The molecule has 238 valence electrons. The Morgan fingerprint density at radius 3 is 1.86 bits per heavy atom. The second kappa shape index (κ2) is 17.9. The lowest BCUT2D eigenvalue weighted by atomic mass is 9.90. The Hall–Kier alpha value is -2.13. The first-order valence-corrected chi connectivity index (χ1v) is 14.0. The molecule has 0 spiro atoms. The van der Waals surface area contributed by atoms with Crippen molar-refractivity contribution in [1.29, 1.82) is 0 Å². The van der Waals surface area contributed by atoms with Crippen molar-refractivity contribution in [1.82, 2.24) is 4.90 Å². The van der Waals surface area contributed by atoms with E-state index in [9.17, 15) is 4.79 Å². The molecule has 42 heavy (non-hydrogen) atoms. The molecule has 0 bridgehead atoms. The van der Waals surface area contributed by atoms with Gasteiger partial charge in [-0.3, -0.25) is 0 Å². The van der Waals surface area contributed by atoms with Crippen LogP contribution in [0.4, 0.5) is 4.79 Å². The first-order chi connectivity index (χ1) is 20.4. The van der Waals surface area contributed by atoms with E-state index in [1.54, 1.807) is 49.7 Å². The maximum Gasteiger partial charge on any atom is 0.410 e. The van der Waals surface area contributed by atoms with Gasteiger partial charge in [-0.1, -0.05) is 42.5 Å². The molecule has 9 atom stereocenters. The average Bonchev–Trinajstić information content (AvgIpc) is 3.02. The number of methoxy groups -OCH3 is 6. The van der Waals surface area contributed by atoms with Crippen molar-refractivity contribution in [3.05, 3.63) is 48.0 Å². The van der Waals surface area contributed by atoms with Crippen molar-refractivity contribution in [2.24, 2.45) is 0 Å². The maximum atomic E-state index is 13.5. The molecule has 0 N–H and O–H groups in total. The van der Waals surface area contributed by atoms with E-state index in [1.165, 1.54) is 4.90 Å². The summed E-state index contributed by atoms with van der Waals surface area (Å²) in [5.74, 6) is 0. The molecule has 12 nitrogen and oxygen atoms in total. The molecule has 2 aliphatic heterocycles. The van der Waals surface area contributed by atoms with Gasteiger partial charge in [-0.15, -0.1) is 0 Å². The van der Waals surface area contributed by atoms with Gasteiger partial charge in [-0.2, -0.15) is 0 Å². The van der Waals surface area contributed by atoms with E-state index in [2.05, 4.69) is 0 Å². The molecule has 1 fully saturated rings. The van der Waals surface area contributed by atoms with E-state index < -0.39 is 61.0 Å². The van der Waals surface area contributed by atoms with Crippen LogP contribution >= 0.6 is 0 Å². The molecule has 2 heterocycles. The minimum Gasteiger partial charge on any atom is -0.440 e. The molecular formula is C30H47NO11. The lowest BCUT2D eigenvalue weighted by molar-refractivity contribution is -0.247. The molecule has 0 aromatic heterocycles. The molecule has 0 radical (unpaired) electrons. The first kappa shape index (κ1) is 34.4. The van der Waals surface area contributed by atoms with Gasteiger partial charge < -0.3 is 52.3 Å². The molecule has 0 aliphatic carbocycles. The Labute approximate surface area is 249 Å². The number of hydrogen-bond donors (Lipinski definition) is 0. The summed E-state index contributed by atoms with van der Waals surface area (Å²) in [5, 5.41) is 0. The van der Waals surface area contributed by atoms with Crippen molar-refractivity contribution < 1.29 is 52.2 Å². The molecule has 0 saturated carbocycles. The summed E-state index contributed by atoms with van der Waals surface area (Å²) in [7, 11) is 11.0. The third-order valence-electron chi connectivity index (χ3n) is 7.67. The van der Waals surface area contributed by atoms with Crippen LogP contribution in [0, 0.1) is 0 Å². The standard InChI is InChI=1S/C30H47NO11/c1-31-17-21(33-2)25(35-4)26(36-5)22(34-3)18-39-15-11-12-16-40-19-23-27(42-30(31)32)29(38-7)28(37-6)24(41-23)20-13-9-8-10-14-20/h8-14,21-29H,15-19H2,1-7H3/b12-11+/t21-,22+,23+,24-,25+,26+,27+,28-,29-/m0/s1. The molecule has 1 amide bonds. The second-order valence-corrected chi connectivity index (χ2v) is 10.1. The van der Waals surface area contributed by atoms with Gasteiger partial charge in [-0.25, -0.2) is 4.79 Å². The van der Waals surface area contributed by atoms with Gasteiger partial charge in [0.05, 0.1) is 33.0 Å². The Balaban J connectivity index is 1.91. The Morgan fingerprint density at radius 1 is 0.714 bits per heavy atom. The zero-order chi connectivity index (χ0) is 30.5. The van der Waals surface area contributed by atoms with E-state index in [-0.39, 0.29) is 19.8 Å². The van der Waals surface area contributed by atoms with Crippen LogP contribution in [0.1, 0.15) is 11.7 Å². The lowest BCUT2D eigenvalue weighted by Crippen LogP contribution is -2.59. The van der Waals surface area contributed by atoms with E-state index in [1.807, 2.05) is 42.5 Å². The van der Waals surface area contributed by atoms with Crippen LogP contribution in [-0.4, -0.2) is 143 Å². The van der Waals surface area contributed by atoms with Crippen LogP contribution in [-0.2, 0) is 47.4 Å². The molecule has 12 heteroatoms. The number of carbonyl (C=O) groups is 1. The number of fused-ring (bicyclic) bond motifs is 1.